The van der Waals surface area contributed by atoms with E-state index >= 15 is 0 Å². The molecule has 0 saturated carbocycles. The first-order valence-corrected chi connectivity index (χ1v) is 7.29. The van der Waals surface area contributed by atoms with Crippen molar-refractivity contribution in [3.05, 3.63) is 35.6 Å². The first-order chi connectivity index (χ1) is 10.4. The Morgan fingerprint density at radius 2 is 1.91 bits per heavy atom. The van der Waals surface area contributed by atoms with Crippen LogP contribution < -0.4 is 0 Å². The molecule has 120 valence electrons. The van der Waals surface area contributed by atoms with Crippen molar-refractivity contribution in [2.45, 2.75) is 12.3 Å². The first-order valence-electron chi connectivity index (χ1n) is 7.29. The van der Waals surface area contributed by atoms with Gasteiger partial charge in [0.05, 0.1) is 5.92 Å². The summed E-state index contributed by atoms with van der Waals surface area (Å²) in [5, 5.41) is 9.40. The highest BCUT2D eigenvalue weighted by Crippen LogP contribution is 2.33. The minimum absolute atomic E-state index is 0.0374. The molecule has 1 N–H and O–H groups in total. The summed E-state index contributed by atoms with van der Waals surface area (Å²) in [4.78, 5) is 27.2. The normalized spacial score (nSPS) is 21.4. The van der Waals surface area contributed by atoms with E-state index in [9.17, 15) is 19.1 Å². The van der Waals surface area contributed by atoms with Gasteiger partial charge in [0.25, 0.3) is 0 Å². The Kier molecular flexibility index (Phi) is 5.13. The second kappa shape index (κ2) is 6.87. The van der Waals surface area contributed by atoms with E-state index in [0.29, 0.717) is 19.5 Å². The molecule has 1 heterocycles. The standard InChI is InChI=1S/C16H21FN2O3/c1-18(2)8-7-15(20)19-9-13(14(10-19)16(21)22)11-3-5-12(17)6-4-11/h3-6,13-14H,7-10H2,1-2H3,(H,21,22)/t13-,14+/m1/s1. The molecule has 1 aromatic carbocycles. The number of hydrogen-bond donors (Lipinski definition) is 1. The summed E-state index contributed by atoms with van der Waals surface area (Å²) >= 11 is 0. The lowest BCUT2D eigenvalue weighted by atomic mass is 9.89. The van der Waals surface area contributed by atoms with Gasteiger partial charge >= 0.3 is 5.97 Å². The van der Waals surface area contributed by atoms with E-state index in [1.54, 1.807) is 17.0 Å². The van der Waals surface area contributed by atoms with Gasteiger partial charge in [-0.05, 0) is 31.8 Å². The van der Waals surface area contributed by atoms with E-state index in [0.717, 1.165) is 5.56 Å². The van der Waals surface area contributed by atoms with Crippen LogP contribution in [0.2, 0.25) is 0 Å². The molecule has 0 bridgehead atoms. The van der Waals surface area contributed by atoms with Crippen LogP contribution in [0.15, 0.2) is 24.3 Å². The number of hydrogen-bond acceptors (Lipinski definition) is 3. The van der Waals surface area contributed by atoms with E-state index in [4.69, 9.17) is 0 Å². The zero-order valence-corrected chi connectivity index (χ0v) is 12.8. The SMILES string of the molecule is CN(C)CCC(=O)N1C[C@H](C(=O)O)[C@@H](c2ccc(F)cc2)C1. The number of carbonyl (C=O) groups excluding carboxylic acids is 1. The highest BCUT2D eigenvalue weighted by Gasteiger charge is 2.40. The van der Waals surface area contributed by atoms with Crippen molar-refractivity contribution >= 4 is 11.9 Å². The molecule has 0 aromatic heterocycles. The fourth-order valence-electron chi connectivity index (χ4n) is 2.78. The van der Waals surface area contributed by atoms with Gasteiger partial charge < -0.3 is 14.9 Å². The average molecular weight is 308 g/mol. The van der Waals surface area contributed by atoms with Gasteiger partial charge in [-0.1, -0.05) is 12.1 Å². The molecular weight excluding hydrogens is 287 g/mol. The molecule has 1 aromatic rings. The van der Waals surface area contributed by atoms with Gasteiger partial charge in [0.15, 0.2) is 0 Å². The Labute approximate surface area is 129 Å². The maximum Gasteiger partial charge on any atom is 0.308 e. The fourth-order valence-corrected chi connectivity index (χ4v) is 2.78. The summed E-state index contributed by atoms with van der Waals surface area (Å²) in [7, 11) is 3.78. The lowest BCUT2D eigenvalue weighted by Crippen LogP contribution is -2.32. The molecule has 5 nitrogen and oxygen atoms in total. The van der Waals surface area contributed by atoms with Crippen LogP contribution in [0, 0.1) is 11.7 Å². The third-order valence-electron chi connectivity index (χ3n) is 4.06. The quantitative estimate of drug-likeness (QED) is 0.893. The maximum atomic E-state index is 13.0. The Morgan fingerprint density at radius 3 is 2.45 bits per heavy atom. The molecule has 1 saturated heterocycles. The van der Waals surface area contributed by atoms with Crippen LogP contribution in [-0.2, 0) is 9.59 Å². The molecule has 6 heteroatoms. The fraction of sp³-hybridized carbons (Fsp3) is 0.500. The van der Waals surface area contributed by atoms with Crippen LogP contribution in [-0.4, -0.2) is 60.5 Å². The number of carboxylic acid groups (broad SMARTS) is 1. The van der Waals surface area contributed by atoms with Crippen molar-refractivity contribution in [1.82, 2.24) is 9.80 Å². The Morgan fingerprint density at radius 1 is 1.27 bits per heavy atom. The van der Waals surface area contributed by atoms with E-state index in [-0.39, 0.29) is 24.2 Å². The molecule has 2 rings (SSSR count). The minimum Gasteiger partial charge on any atom is -0.481 e. The molecule has 22 heavy (non-hydrogen) atoms. The minimum atomic E-state index is -0.919. The van der Waals surface area contributed by atoms with Gasteiger partial charge in [0.1, 0.15) is 5.82 Å². The molecule has 0 radical (unpaired) electrons. The third kappa shape index (κ3) is 3.82. The summed E-state index contributed by atoms with van der Waals surface area (Å²) in [6.07, 6.45) is 0.371. The second-order valence-corrected chi connectivity index (χ2v) is 5.95. The summed E-state index contributed by atoms with van der Waals surface area (Å²) in [6, 6.07) is 5.85. The van der Waals surface area contributed by atoms with Crippen molar-refractivity contribution in [1.29, 1.82) is 0 Å². The molecule has 1 amide bonds. The molecule has 1 fully saturated rings. The van der Waals surface area contributed by atoms with E-state index < -0.39 is 11.9 Å². The number of amides is 1. The number of rotatable bonds is 5. The predicted molar refractivity (Wildman–Crippen MR) is 80.0 cm³/mol. The van der Waals surface area contributed by atoms with Crippen LogP contribution in [0.1, 0.15) is 17.9 Å². The average Bonchev–Trinajstić information content (AvgIpc) is 2.91. The van der Waals surface area contributed by atoms with Gasteiger partial charge in [-0.2, -0.15) is 0 Å². The van der Waals surface area contributed by atoms with E-state index in [1.807, 2.05) is 19.0 Å². The maximum absolute atomic E-state index is 13.0. The molecule has 0 unspecified atom stereocenters. The molecule has 0 spiro atoms. The van der Waals surface area contributed by atoms with Crippen molar-refractivity contribution in [2.24, 2.45) is 5.92 Å². The van der Waals surface area contributed by atoms with Crippen molar-refractivity contribution in [3.8, 4) is 0 Å². The molecule has 2 atom stereocenters. The molecule has 0 aliphatic carbocycles. The van der Waals surface area contributed by atoms with Crippen LogP contribution >= 0.6 is 0 Å². The number of carbonyl (C=O) groups is 2. The van der Waals surface area contributed by atoms with Crippen molar-refractivity contribution < 1.29 is 19.1 Å². The number of benzene rings is 1. The zero-order chi connectivity index (χ0) is 16.3. The Hall–Kier alpha value is -1.95. The predicted octanol–water partition coefficient (Wildman–Crippen LogP) is 1.40. The lowest BCUT2D eigenvalue weighted by Gasteiger charge is -2.18. The van der Waals surface area contributed by atoms with Crippen molar-refractivity contribution in [3.63, 3.8) is 0 Å². The van der Waals surface area contributed by atoms with Crippen LogP contribution in [0.3, 0.4) is 0 Å². The zero-order valence-electron chi connectivity index (χ0n) is 12.8. The van der Waals surface area contributed by atoms with Crippen molar-refractivity contribution in [2.75, 3.05) is 33.7 Å². The summed E-state index contributed by atoms with van der Waals surface area (Å²) in [5.74, 6) is -2.25. The largest absolute Gasteiger partial charge is 0.481 e. The third-order valence-corrected chi connectivity index (χ3v) is 4.06. The van der Waals surface area contributed by atoms with Crippen LogP contribution in [0.25, 0.3) is 0 Å². The molecular formula is C16H21FN2O3. The molecule has 1 aliphatic rings. The van der Waals surface area contributed by atoms with Crippen LogP contribution in [0.4, 0.5) is 4.39 Å². The topological polar surface area (TPSA) is 60.9 Å². The summed E-state index contributed by atoms with van der Waals surface area (Å²) in [5.41, 5.74) is 0.761. The van der Waals surface area contributed by atoms with Crippen LogP contribution in [0.5, 0.6) is 0 Å². The molecule has 1 aliphatic heterocycles. The monoisotopic (exact) mass is 308 g/mol. The van der Waals surface area contributed by atoms with Gasteiger partial charge in [0, 0.05) is 32.0 Å². The number of halogens is 1. The highest BCUT2D eigenvalue weighted by atomic mass is 19.1. The lowest BCUT2D eigenvalue weighted by molar-refractivity contribution is -0.141. The number of nitrogens with zero attached hydrogens (tertiary/aromatic N) is 2. The van der Waals surface area contributed by atoms with Gasteiger partial charge in [-0.3, -0.25) is 9.59 Å². The summed E-state index contributed by atoms with van der Waals surface area (Å²) < 4.78 is 13.0. The van der Waals surface area contributed by atoms with E-state index in [2.05, 4.69) is 0 Å². The number of carboxylic acids is 1. The Balaban J connectivity index is 2.11. The second-order valence-electron chi connectivity index (χ2n) is 5.95. The number of aliphatic carboxylic acids is 1. The first kappa shape index (κ1) is 16.4. The Bertz CT molecular complexity index is 545. The highest BCUT2D eigenvalue weighted by molar-refractivity contribution is 5.79. The number of likely N-dealkylation sites (tertiary alicyclic amines) is 1. The van der Waals surface area contributed by atoms with Gasteiger partial charge in [-0.25, -0.2) is 4.39 Å². The van der Waals surface area contributed by atoms with E-state index in [1.165, 1.54) is 12.1 Å². The smallest absolute Gasteiger partial charge is 0.308 e. The van der Waals surface area contributed by atoms with Gasteiger partial charge in [-0.15, -0.1) is 0 Å². The summed E-state index contributed by atoms with van der Waals surface area (Å²) in [6.45, 7) is 1.22. The van der Waals surface area contributed by atoms with Gasteiger partial charge in [0.2, 0.25) is 5.91 Å².